The Morgan fingerprint density at radius 2 is 1.80 bits per heavy atom. The van der Waals surface area contributed by atoms with Crippen LogP contribution in [0.4, 0.5) is 0 Å². The number of carbonyl (C=O) groups is 2. The molecule has 0 aromatic carbocycles. The lowest BCUT2D eigenvalue weighted by Gasteiger charge is -2.04. The molecule has 0 saturated carbocycles. The van der Waals surface area contributed by atoms with E-state index in [1.54, 1.807) is 0 Å². The second kappa shape index (κ2) is 20.1. The molecule has 0 fully saturated rings. The van der Waals surface area contributed by atoms with Gasteiger partial charge in [0.2, 0.25) is 0 Å². The van der Waals surface area contributed by atoms with Gasteiger partial charge in [0.1, 0.15) is 6.29 Å². The molecule has 2 heteroatoms. The van der Waals surface area contributed by atoms with Gasteiger partial charge < -0.3 is 4.79 Å². The van der Waals surface area contributed by atoms with E-state index in [4.69, 9.17) is 0 Å². The number of hydrogen-bond donors (Lipinski definition) is 0. The van der Waals surface area contributed by atoms with Gasteiger partial charge in [-0.1, -0.05) is 45.4 Å². The molecule has 0 heterocycles. The zero-order valence-corrected chi connectivity index (χ0v) is 14.6. The molecule has 0 saturated heterocycles. The fourth-order valence-electron chi connectivity index (χ4n) is 1.32. The van der Waals surface area contributed by atoms with Crippen LogP contribution in [0.3, 0.4) is 0 Å². The summed E-state index contributed by atoms with van der Waals surface area (Å²) >= 11 is 0. The van der Waals surface area contributed by atoms with Crippen molar-refractivity contribution in [3.05, 3.63) is 23.3 Å². The smallest absolute Gasteiger partial charge is 0.158 e. The molecule has 0 unspecified atom stereocenters. The number of ketones is 1. The minimum Gasteiger partial charge on any atom is -0.303 e. The molecule has 0 aliphatic heterocycles. The number of hydrogen-bond acceptors (Lipinski definition) is 2. The Hall–Kier alpha value is -1.18. The Balaban J connectivity index is -0.000000231. The van der Waals surface area contributed by atoms with Crippen LogP contribution < -0.4 is 0 Å². The Morgan fingerprint density at radius 1 is 1.25 bits per heavy atom. The first kappa shape index (κ1) is 23.9. The number of allylic oxidation sites excluding steroid dienone is 4. The molecule has 2 nitrogen and oxygen atoms in total. The third kappa shape index (κ3) is 16.8. The highest BCUT2D eigenvalue weighted by atomic mass is 16.1. The number of rotatable bonds is 3. The standard InChI is InChI=1S/C7H10O.C7H12O.2C2H6/c1-6-4-2-3-5-7(6)8;1-3-7(2)5-4-6-8;2*1-2/h4H,2-3,5H2,1H3;3,6H,4-5H2,1-2H3;2*1-2H3/b;7-3+;;. The van der Waals surface area contributed by atoms with Crippen LogP contribution in [0.2, 0.25) is 0 Å². The van der Waals surface area contributed by atoms with Gasteiger partial charge in [-0.2, -0.15) is 0 Å². The molecule has 0 N–H and O–H groups in total. The Bertz CT molecular complexity index is 286. The predicted octanol–water partition coefficient (Wildman–Crippen LogP) is 5.67. The van der Waals surface area contributed by atoms with Gasteiger partial charge in [-0.15, -0.1) is 0 Å². The molecule has 1 aliphatic carbocycles. The van der Waals surface area contributed by atoms with Crippen LogP contribution in [-0.4, -0.2) is 12.1 Å². The molecule has 20 heavy (non-hydrogen) atoms. The van der Waals surface area contributed by atoms with Crippen molar-refractivity contribution in [2.75, 3.05) is 0 Å². The van der Waals surface area contributed by atoms with E-state index in [0.717, 1.165) is 37.5 Å². The van der Waals surface area contributed by atoms with Crippen molar-refractivity contribution in [1.29, 1.82) is 0 Å². The van der Waals surface area contributed by atoms with Gasteiger partial charge in [-0.05, 0) is 45.6 Å². The van der Waals surface area contributed by atoms with Crippen LogP contribution in [-0.2, 0) is 9.59 Å². The third-order valence-electron chi connectivity index (χ3n) is 2.65. The van der Waals surface area contributed by atoms with Crippen LogP contribution in [0.25, 0.3) is 0 Å². The molecule has 0 atom stereocenters. The number of aldehydes is 1. The van der Waals surface area contributed by atoms with Crippen molar-refractivity contribution in [3.8, 4) is 0 Å². The maximum absolute atomic E-state index is 10.7. The number of Topliss-reactive ketones (excluding diaryl/α,β-unsaturated/α-hetero) is 1. The Labute approximate surface area is 126 Å². The lowest BCUT2D eigenvalue weighted by Crippen LogP contribution is -2.02. The molecule has 0 radical (unpaired) electrons. The van der Waals surface area contributed by atoms with Crippen LogP contribution >= 0.6 is 0 Å². The molecule has 0 aromatic rings. The fourth-order valence-corrected chi connectivity index (χ4v) is 1.32. The van der Waals surface area contributed by atoms with E-state index in [1.165, 1.54) is 5.57 Å². The average Bonchev–Trinajstić information content (AvgIpc) is 2.52. The summed E-state index contributed by atoms with van der Waals surface area (Å²) in [5, 5.41) is 0. The molecule has 0 amide bonds. The molecular weight excluding hydrogens is 248 g/mol. The summed E-state index contributed by atoms with van der Waals surface area (Å²) in [6, 6.07) is 0. The summed E-state index contributed by atoms with van der Waals surface area (Å²) in [5.41, 5.74) is 2.24. The van der Waals surface area contributed by atoms with Crippen molar-refractivity contribution in [3.63, 3.8) is 0 Å². The van der Waals surface area contributed by atoms with Gasteiger partial charge >= 0.3 is 0 Å². The largest absolute Gasteiger partial charge is 0.303 e. The third-order valence-corrected chi connectivity index (χ3v) is 2.65. The zero-order chi connectivity index (χ0) is 16.4. The molecular formula is C18H34O2. The van der Waals surface area contributed by atoms with Crippen LogP contribution in [0.5, 0.6) is 0 Å². The van der Waals surface area contributed by atoms with Crippen molar-refractivity contribution in [2.24, 2.45) is 0 Å². The normalized spacial score (nSPS) is 13.4. The van der Waals surface area contributed by atoms with Gasteiger partial charge in [0.25, 0.3) is 0 Å². The Kier molecular flexibility index (Phi) is 24.1. The van der Waals surface area contributed by atoms with E-state index in [-0.39, 0.29) is 0 Å². The molecule has 0 aromatic heterocycles. The van der Waals surface area contributed by atoms with Gasteiger partial charge in [0.05, 0.1) is 0 Å². The van der Waals surface area contributed by atoms with Crippen molar-refractivity contribution in [2.45, 2.75) is 80.6 Å². The lowest BCUT2D eigenvalue weighted by atomic mass is 10.00. The SMILES string of the molecule is C/C=C(\C)CCC=O.CC.CC.CC1=CCCCC1=O. The highest BCUT2D eigenvalue weighted by Crippen LogP contribution is 2.12. The second-order valence-electron chi connectivity index (χ2n) is 4.04. The summed E-state index contributed by atoms with van der Waals surface area (Å²) < 4.78 is 0. The molecule has 0 spiro atoms. The van der Waals surface area contributed by atoms with E-state index in [9.17, 15) is 9.59 Å². The van der Waals surface area contributed by atoms with Crippen LogP contribution in [0.15, 0.2) is 23.3 Å². The van der Waals surface area contributed by atoms with Crippen LogP contribution in [0, 0.1) is 0 Å². The molecule has 118 valence electrons. The second-order valence-corrected chi connectivity index (χ2v) is 4.04. The fraction of sp³-hybridized carbons (Fsp3) is 0.667. The topological polar surface area (TPSA) is 34.1 Å². The Morgan fingerprint density at radius 3 is 2.10 bits per heavy atom. The summed E-state index contributed by atoms with van der Waals surface area (Å²) in [6.45, 7) is 13.9. The van der Waals surface area contributed by atoms with E-state index in [0.29, 0.717) is 12.2 Å². The monoisotopic (exact) mass is 282 g/mol. The summed E-state index contributed by atoms with van der Waals surface area (Å²) in [6.07, 6.45) is 9.49. The van der Waals surface area contributed by atoms with Gasteiger partial charge in [-0.3, -0.25) is 4.79 Å². The molecule has 1 rings (SSSR count). The van der Waals surface area contributed by atoms with E-state index < -0.39 is 0 Å². The van der Waals surface area contributed by atoms with E-state index in [2.05, 4.69) is 0 Å². The predicted molar refractivity (Wildman–Crippen MR) is 90.0 cm³/mol. The average molecular weight is 282 g/mol. The molecule has 1 aliphatic rings. The van der Waals surface area contributed by atoms with Crippen molar-refractivity contribution >= 4 is 12.1 Å². The maximum atomic E-state index is 10.7. The zero-order valence-electron chi connectivity index (χ0n) is 14.6. The quantitative estimate of drug-likeness (QED) is 0.493. The summed E-state index contributed by atoms with van der Waals surface area (Å²) in [4.78, 5) is 20.5. The van der Waals surface area contributed by atoms with E-state index in [1.807, 2.05) is 60.6 Å². The minimum atomic E-state index is 0.330. The maximum Gasteiger partial charge on any atom is 0.158 e. The van der Waals surface area contributed by atoms with Gasteiger partial charge in [0.15, 0.2) is 5.78 Å². The van der Waals surface area contributed by atoms with Gasteiger partial charge in [-0.25, -0.2) is 0 Å². The minimum absolute atomic E-state index is 0.330. The number of carbonyl (C=O) groups excluding carboxylic acids is 2. The first-order valence-electron chi connectivity index (χ1n) is 7.87. The van der Waals surface area contributed by atoms with Crippen molar-refractivity contribution in [1.82, 2.24) is 0 Å². The van der Waals surface area contributed by atoms with E-state index >= 15 is 0 Å². The van der Waals surface area contributed by atoms with Crippen LogP contribution in [0.1, 0.15) is 80.6 Å². The summed E-state index contributed by atoms with van der Waals surface area (Å²) in [5.74, 6) is 0.330. The lowest BCUT2D eigenvalue weighted by molar-refractivity contribution is -0.116. The van der Waals surface area contributed by atoms with Gasteiger partial charge in [0, 0.05) is 12.8 Å². The first-order valence-corrected chi connectivity index (χ1v) is 7.87. The van der Waals surface area contributed by atoms with Crippen molar-refractivity contribution < 1.29 is 9.59 Å². The highest BCUT2D eigenvalue weighted by molar-refractivity contribution is 5.95. The molecule has 0 bridgehead atoms. The highest BCUT2D eigenvalue weighted by Gasteiger charge is 2.06. The first-order chi connectivity index (χ1) is 9.61. The summed E-state index contributed by atoms with van der Waals surface area (Å²) in [7, 11) is 0.